The van der Waals surface area contributed by atoms with E-state index in [0.717, 1.165) is 27.4 Å². The fourth-order valence-corrected chi connectivity index (χ4v) is 5.02. The lowest BCUT2D eigenvalue weighted by molar-refractivity contribution is 0.376. The monoisotopic (exact) mass is 474 g/mol. The van der Waals surface area contributed by atoms with E-state index in [9.17, 15) is 8.42 Å². The smallest absolute Gasteiger partial charge is 0.242 e. The van der Waals surface area contributed by atoms with E-state index in [2.05, 4.69) is 14.9 Å². The Kier molecular flexibility index (Phi) is 5.82. The number of hydrogen-bond donors (Lipinski definition) is 1. The summed E-state index contributed by atoms with van der Waals surface area (Å²) in [7, 11) is -3.65. The number of benzene rings is 3. The summed E-state index contributed by atoms with van der Waals surface area (Å²) in [5, 5.41) is 6.97. The molecule has 2 aromatic heterocycles. The zero-order valence-corrected chi connectivity index (χ0v) is 18.9. The third-order valence-corrected chi connectivity index (χ3v) is 7.21. The van der Waals surface area contributed by atoms with Crippen molar-refractivity contribution in [3.63, 3.8) is 0 Å². The van der Waals surface area contributed by atoms with Crippen LogP contribution < -0.4 is 4.72 Å². The van der Waals surface area contributed by atoms with E-state index in [1.807, 2.05) is 60.0 Å². The summed E-state index contributed by atoms with van der Waals surface area (Å²) in [6.45, 7) is -0.0939. The molecular formula is C24H18N4O3S2. The van der Waals surface area contributed by atoms with Gasteiger partial charge in [-0.3, -0.25) is 0 Å². The fourth-order valence-electron chi connectivity index (χ4n) is 3.19. The predicted molar refractivity (Wildman–Crippen MR) is 127 cm³/mol. The van der Waals surface area contributed by atoms with Gasteiger partial charge in [-0.2, -0.15) is 4.98 Å². The first-order valence-electron chi connectivity index (χ1n) is 10.1. The molecule has 0 spiro atoms. The van der Waals surface area contributed by atoms with Crippen LogP contribution in [0, 0.1) is 0 Å². The van der Waals surface area contributed by atoms with Crippen LogP contribution in [0.2, 0.25) is 0 Å². The molecule has 33 heavy (non-hydrogen) atoms. The maximum atomic E-state index is 12.3. The average Bonchev–Trinajstić information content (AvgIpc) is 3.55. The maximum absolute atomic E-state index is 12.3. The van der Waals surface area contributed by atoms with Crippen molar-refractivity contribution in [2.24, 2.45) is 0 Å². The second kappa shape index (κ2) is 9.07. The Balaban J connectivity index is 1.27. The average molecular weight is 475 g/mol. The van der Waals surface area contributed by atoms with Crippen LogP contribution in [-0.2, 0) is 16.6 Å². The first-order valence-corrected chi connectivity index (χ1v) is 12.4. The number of sulfonamides is 1. The lowest BCUT2D eigenvalue weighted by Crippen LogP contribution is -2.23. The van der Waals surface area contributed by atoms with Gasteiger partial charge in [-0.1, -0.05) is 78.0 Å². The quantitative estimate of drug-likeness (QED) is 0.356. The predicted octanol–water partition coefficient (Wildman–Crippen LogP) is 5.01. The summed E-state index contributed by atoms with van der Waals surface area (Å²) in [5.74, 6) is 0.569. The van der Waals surface area contributed by atoms with Crippen LogP contribution in [0.4, 0.5) is 0 Å². The molecule has 0 bridgehead atoms. The lowest BCUT2D eigenvalue weighted by Gasteiger charge is -2.03. The minimum atomic E-state index is -3.65. The molecule has 5 rings (SSSR count). The minimum absolute atomic E-state index is 0.0939. The molecule has 164 valence electrons. The molecule has 0 aliphatic heterocycles. The summed E-state index contributed by atoms with van der Waals surface area (Å²) in [6, 6.07) is 25.9. The molecule has 0 saturated heterocycles. The molecule has 7 nitrogen and oxygen atoms in total. The van der Waals surface area contributed by atoms with Crippen LogP contribution in [0.25, 0.3) is 33.2 Å². The molecule has 2 heterocycles. The second-order valence-electron chi connectivity index (χ2n) is 7.13. The molecule has 1 N–H and O–H groups in total. The largest absolute Gasteiger partial charge is 0.338 e. The van der Waals surface area contributed by atoms with Gasteiger partial charge in [0.2, 0.25) is 21.7 Å². The van der Waals surface area contributed by atoms with Crippen LogP contribution in [-0.4, -0.2) is 23.5 Å². The van der Waals surface area contributed by atoms with Crippen molar-refractivity contribution in [2.45, 2.75) is 11.4 Å². The summed E-state index contributed by atoms with van der Waals surface area (Å²) < 4.78 is 32.4. The molecule has 0 amide bonds. The van der Waals surface area contributed by atoms with Crippen LogP contribution >= 0.6 is 11.3 Å². The van der Waals surface area contributed by atoms with Crippen molar-refractivity contribution < 1.29 is 12.9 Å². The van der Waals surface area contributed by atoms with E-state index in [4.69, 9.17) is 9.51 Å². The van der Waals surface area contributed by atoms with E-state index in [0.29, 0.717) is 5.82 Å². The van der Waals surface area contributed by atoms with Gasteiger partial charge in [0.05, 0.1) is 17.1 Å². The standard InChI is InChI=1S/C24H18N4O3S2/c29-33(30,20-9-5-2-6-10-20)25-15-22-27-23(28-31-22)18-13-11-17(12-14-18)21-16-32-24(26-21)19-7-3-1-4-8-19/h1-14,16,25H,15H2. The van der Waals surface area contributed by atoms with Gasteiger partial charge in [0.15, 0.2) is 0 Å². The topological polar surface area (TPSA) is 98.0 Å². The van der Waals surface area contributed by atoms with Gasteiger partial charge in [0.1, 0.15) is 5.01 Å². The highest BCUT2D eigenvalue weighted by Crippen LogP contribution is 2.29. The molecule has 0 saturated carbocycles. The molecule has 0 atom stereocenters. The van der Waals surface area contributed by atoms with Crippen molar-refractivity contribution in [1.29, 1.82) is 0 Å². The molecule has 9 heteroatoms. The van der Waals surface area contributed by atoms with Gasteiger partial charge >= 0.3 is 0 Å². The van der Waals surface area contributed by atoms with E-state index in [1.165, 1.54) is 12.1 Å². The number of nitrogens with one attached hydrogen (secondary N) is 1. The Morgan fingerprint density at radius 1 is 0.788 bits per heavy atom. The summed E-state index contributed by atoms with van der Waals surface area (Å²) in [4.78, 5) is 9.22. The zero-order valence-electron chi connectivity index (χ0n) is 17.3. The summed E-state index contributed by atoms with van der Waals surface area (Å²) >= 11 is 1.60. The number of nitrogens with zero attached hydrogens (tertiary/aromatic N) is 3. The van der Waals surface area contributed by atoms with Gasteiger partial charge in [0.25, 0.3) is 0 Å². The highest BCUT2D eigenvalue weighted by molar-refractivity contribution is 7.89. The molecule has 0 fully saturated rings. The van der Waals surface area contributed by atoms with Crippen molar-refractivity contribution in [1.82, 2.24) is 19.8 Å². The van der Waals surface area contributed by atoms with Gasteiger partial charge in [-0.15, -0.1) is 11.3 Å². The Bertz CT molecular complexity index is 1460. The van der Waals surface area contributed by atoms with Gasteiger partial charge in [-0.25, -0.2) is 18.1 Å². The van der Waals surface area contributed by atoms with Crippen molar-refractivity contribution in [3.05, 3.63) is 96.2 Å². The van der Waals surface area contributed by atoms with Crippen molar-refractivity contribution in [3.8, 4) is 33.2 Å². The first-order chi connectivity index (χ1) is 16.1. The molecule has 3 aromatic carbocycles. The van der Waals surface area contributed by atoms with Crippen LogP contribution in [0.15, 0.2) is 99.7 Å². The number of thiazole rings is 1. The van der Waals surface area contributed by atoms with Crippen molar-refractivity contribution in [2.75, 3.05) is 0 Å². The van der Waals surface area contributed by atoms with Gasteiger partial charge in [-0.05, 0) is 12.1 Å². The van der Waals surface area contributed by atoms with Gasteiger partial charge in [0, 0.05) is 22.1 Å². The lowest BCUT2D eigenvalue weighted by atomic mass is 10.1. The normalized spacial score (nSPS) is 11.5. The highest BCUT2D eigenvalue weighted by Gasteiger charge is 2.16. The zero-order chi connectivity index (χ0) is 22.7. The number of rotatable bonds is 7. The highest BCUT2D eigenvalue weighted by atomic mass is 32.2. The van der Waals surface area contributed by atoms with Crippen LogP contribution in [0.1, 0.15) is 5.89 Å². The van der Waals surface area contributed by atoms with E-state index >= 15 is 0 Å². The maximum Gasteiger partial charge on any atom is 0.242 e. The summed E-state index contributed by atoms with van der Waals surface area (Å²) in [5.41, 5.74) is 3.73. The SMILES string of the molecule is O=S(=O)(NCc1nc(-c2ccc(-c3csc(-c4ccccc4)n3)cc2)no1)c1ccccc1. The van der Waals surface area contributed by atoms with E-state index in [1.54, 1.807) is 29.5 Å². The first kappa shape index (κ1) is 21.2. The summed E-state index contributed by atoms with van der Waals surface area (Å²) in [6.07, 6.45) is 0. The Hall–Kier alpha value is -3.66. The Morgan fingerprint density at radius 2 is 1.45 bits per heavy atom. The second-order valence-corrected chi connectivity index (χ2v) is 9.76. The van der Waals surface area contributed by atoms with E-state index in [-0.39, 0.29) is 17.3 Å². The van der Waals surface area contributed by atoms with E-state index < -0.39 is 10.0 Å². The molecule has 0 unspecified atom stereocenters. The third kappa shape index (κ3) is 4.75. The van der Waals surface area contributed by atoms with Gasteiger partial charge < -0.3 is 4.52 Å². The number of aromatic nitrogens is 3. The van der Waals surface area contributed by atoms with Crippen LogP contribution in [0.5, 0.6) is 0 Å². The Labute approximate surface area is 194 Å². The van der Waals surface area contributed by atoms with Crippen molar-refractivity contribution >= 4 is 21.4 Å². The Morgan fingerprint density at radius 3 is 2.18 bits per heavy atom. The molecular weight excluding hydrogens is 456 g/mol. The molecule has 0 aliphatic rings. The minimum Gasteiger partial charge on any atom is -0.338 e. The fraction of sp³-hybridized carbons (Fsp3) is 0.0417. The van der Waals surface area contributed by atoms with Crippen LogP contribution in [0.3, 0.4) is 0 Å². The molecule has 0 radical (unpaired) electrons. The molecule has 5 aromatic rings. The third-order valence-electron chi connectivity index (χ3n) is 4.90. The molecule has 0 aliphatic carbocycles. The number of hydrogen-bond acceptors (Lipinski definition) is 7.